The van der Waals surface area contributed by atoms with Gasteiger partial charge in [0.2, 0.25) is 0 Å². The first-order valence-electron chi connectivity index (χ1n) is 6.64. The van der Waals surface area contributed by atoms with Gasteiger partial charge in [0.1, 0.15) is 18.1 Å². The summed E-state index contributed by atoms with van der Waals surface area (Å²) >= 11 is 6.02. The summed E-state index contributed by atoms with van der Waals surface area (Å²) in [5.74, 6) is 1.56. The largest absolute Gasteiger partial charge is 0.492 e. The highest BCUT2D eigenvalue weighted by molar-refractivity contribution is 6.32. The number of hydrogen-bond acceptors (Lipinski definition) is 3. The number of ether oxygens (including phenoxy) is 2. The fourth-order valence-electron chi connectivity index (χ4n) is 1.80. The summed E-state index contributed by atoms with van der Waals surface area (Å²) in [5.41, 5.74) is 0.970. The van der Waals surface area contributed by atoms with E-state index in [1.807, 2.05) is 55.5 Å². The number of halogens is 1. The lowest BCUT2D eigenvalue weighted by atomic mass is 10.3. The number of hydrogen-bond donors (Lipinski definition) is 1. The van der Waals surface area contributed by atoms with Crippen molar-refractivity contribution in [2.75, 3.05) is 25.1 Å². The lowest BCUT2D eigenvalue weighted by molar-refractivity contribution is 0.330. The zero-order chi connectivity index (χ0) is 14.2. The molecule has 0 aliphatic rings. The van der Waals surface area contributed by atoms with E-state index >= 15 is 0 Å². The predicted octanol–water partition coefficient (Wildman–Crippen LogP) is 4.23. The third kappa shape index (κ3) is 4.07. The second-order valence-electron chi connectivity index (χ2n) is 4.13. The van der Waals surface area contributed by atoms with Crippen LogP contribution >= 0.6 is 11.6 Å². The highest BCUT2D eigenvalue weighted by atomic mass is 35.5. The van der Waals surface area contributed by atoms with Crippen molar-refractivity contribution in [3.8, 4) is 11.5 Å². The molecule has 4 heteroatoms. The van der Waals surface area contributed by atoms with Gasteiger partial charge in [0, 0.05) is 6.54 Å². The van der Waals surface area contributed by atoms with Gasteiger partial charge in [-0.05, 0) is 31.2 Å². The molecule has 0 heterocycles. The van der Waals surface area contributed by atoms with E-state index in [1.165, 1.54) is 0 Å². The number of anilines is 1. The van der Waals surface area contributed by atoms with Gasteiger partial charge in [-0.3, -0.25) is 0 Å². The van der Waals surface area contributed by atoms with Gasteiger partial charge in [0.15, 0.2) is 0 Å². The molecule has 0 fully saturated rings. The molecule has 2 aromatic carbocycles. The highest BCUT2D eigenvalue weighted by Crippen LogP contribution is 2.24. The average molecular weight is 292 g/mol. The molecular weight excluding hydrogens is 274 g/mol. The van der Waals surface area contributed by atoms with Gasteiger partial charge in [-0.15, -0.1) is 0 Å². The molecule has 20 heavy (non-hydrogen) atoms. The summed E-state index contributed by atoms with van der Waals surface area (Å²) in [7, 11) is 0. The Morgan fingerprint density at radius 3 is 2.40 bits per heavy atom. The van der Waals surface area contributed by atoms with Crippen molar-refractivity contribution in [2.24, 2.45) is 0 Å². The maximum atomic E-state index is 6.02. The lowest BCUT2D eigenvalue weighted by Gasteiger charge is -2.13. The zero-order valence-electron chi connectivity index (χ0n) is 11.4. The minimum atomic E-state index is 0.532. The Morgan fingerprint density at radius 1 is 0.950 bits per heavy atom. The van der Waals surface area contributed by atoms with Gasteiger partial charge in [0.05, 0.1) is 17.3 Å². The summed E-state index contributed by atoms with van der Waals surface area (Å²) < 4.78 is 11.2. The molecule has 1 N–H and O–H groups in total. The van der Waals surface area contributed by atoms with Crippen LogP contribution in [0.25, 0.3) is 0 Å². The third-order valence-electron chi connectivity index (χ3n) is 2.70. The summed E-state index contributed by atoms with van der Waals surface area (Å²) in [6.07, 6.45) is 0. The standard InChI is InChI=1S/C16H18ClNO2/c1-2-19-16-10-6-4-8-14(16)18-11-12-20-15-9-5-3-7-13(15)17/h3-10,18H,2,11-12H2,1H3. The molecule has 0 bridgehead atoms. The van der Waals surface area contributed by atoms with Crippen LogP contribution in [0.15, 0.2) is 48.5 Å². The minimum absolute atomic E-state index is 0.532. The second kappa shape index (κ2) is 7.65. The van der Waals surface area contributed by atoms with Crippen molar-refractivity contribution in [1.82, 2.24) is 0 Å². The molecule has 0 saturated carbocycles. The molecule has 0 spiro atoms. The zero-order valence-corrected chi connectivity index (χ0v) is 12.2. The average Bonchev–Trinajstić information content (AvgIpc) is 2.47. The van der Waals surface area contributed by atoms with Crippen LogP contribution in [-0.2, 0) is 0 Å². The van der Waals surface area contributed by atoms with Crippen LogP contribution in [-0.4, -0.2) is 19.8 Å². The first kappa shape index (κ1) is 14.5. The molecule has 0 amide bonds. The highest BCUT2D eigenvalue weighted by Gasteiger charge is 2.02. The molecule has 0 aliphatic carbocycles. The van der Waals surface area contributed by atoms with Crippen LogP contribution in [0.1, 0.15) is 6.92 Å². The van der Waals surface area contributed by atoms with Crippen LogP contribution < -0.4 is 14.8 Å². The monoisotopic (exact) mass is 291 g/mol. The molecule has 106 valence electrons. The Labute approximate surface area is 124 Å². The molecule has 0 atom stereocenters. The van der Waals surface area contributed by atoms with E-state index in [9.17, 15) is 0 Å². The van der Waals surface area contributed by atoms with Crippen molar-refractivity contribution in [1.29, 1.82) is 0 Å². The fraction of sp³-hybridized carbons (Fsp3) is 0.250. The first-order chi connectivity index (χ1) is 9.81. The van der Waals surface area contributed by atoms with Crippen molar-refractivity contribution < 1.29 is 9.47 Å². The normalized spacial score (nSPS) is 10.1. The van der Waals surface area contributed by atoms with Gasteiger partial charge in [0.25, 0.3) is 0 Å². The number of nitrogens with one attached hydrogen (secondary N) is 1. The molecule has 2 aromatic rings. The van der Waals surface area contributed by atoms with E-state index in [0.717, 1.165) is 11.4 Å². The van der Waals surface area contributed by atoms with E-state index in [4.69, 9.17) is 21.1 Å². The van der Waals surface area contributed by atoms with Crippen LogP contribution in [0.3, 0.4) is 0 Å². The smallest absolute Gasteiger partial charge is 0.142 e. The third-order valence-corrected chi connectivity index (χ3v) is 3.01. The van der Waals surface area contributed by atoms with E-state index < -0.39 is 0 Å². The molecule has 0 unspecified atom stereocenters. The first-order valence-corrected chi connectivity index (χ1v) is 7.02. The summed E-state index contributed by atoms with van der Waals surface area (Å²) in [4.78, 5) is 0. The predicted molar refractivity (Wildman–Crippen MR) is 83.0 cm³/mol. The Bertz CT molecular complexity index is 546. The van der Waals surface area contributed by atoms with E-state index in [2.05, 4.69) is 5.32 Å². The van der Waals surface area contributed by atoms with Crippen molar-refractivity contribution in [3.05, 3.63) is 53.6 Å². The Hall–Kier alpha value is -1.87. The maximum Gasteiger partial charge on any atom is 0.142 e. The van der Waals surface area contributed by atoms with Crippen LogP contribution in [0.5, 0.6) is 11.5 Å². The quantitative estimate of drug-likeness (QED) is 0.774. The van der Waals surface area contributed by atoms with E-state index in [1.54, 1.807) is 0 Å². The molecule has 2 rings (SSSR count). The number of benzene rings is 2. The Balaban J connectivity index is 1.83. The number of rotatable bonds is 7. The van der Waals surface area contributed by atoms with Crippen LogP contribution in [0.2, 0.25) is 5.02 Å². The number of para-hydroxylation sites is 3. The van der Waals surface area contributed by atoms with Gasteiger partial charge in [-0.2, -0.15) is 0 Å². The molecule has 0 aromatic heterocycles. The lowest BCUT2D eigenvalue weighted by Crippen LogP contribution is -2.12. The molecule has 0 aliphatic heterocycles. The Kier molecular flexibility index (Phi) is 5.56. The van der Waals surface area contributed by atoms with Gasteiger partial charge >= 0.3 is 0 Å². The molecule has 3 nitrogen and oxygen atoms in total. The fourth-order valence-corrected chi connectivity index (χ4v) is 1.99. The Morgan fingerprint density at radius 2 is 1.65 bits per heavy atom. The second-order valence-corrected chi connectivity index (χ2v) is 4.54. The van der Waals surface area contributed by atoms with Gasteiger partial charge in [-0.1, -0.05) is 35.9 Å². The maximum absolute atomic E-state index is 6.02. The van der Waals surface area contributed by atoms with E-state index in [0.29, 0.717) is 30.5 Å². The SMILES string of the molecule is CCOc1ccccc1NCCOc1ccccc1Cl. The van der Waals surface area contributed by atoms with Crippen molar-refractivity contribution in [2.45, 2.75) is 6.92 Å². The minimum Gasteiger partial charge on any atom is -0.492 e. The van der Waals surface area contributed by atoms with Crippen molar-refractivity contribution >= 4 is 17.3 Å². The topological polar surface area (TPSA) is 30.5 Å². The van der Waals surface area contributed by atoms with Gasteiger partial charge in [-0.25, -0.2) is 0 Å². The van der Waals surface area contributed by atoms with Crippen LogP contribution in [0, 0.1) is 0 Å². The summed E-state index contributed by atoms with van der Waals surface area (Å²) in [6, 6.07) is 15.3. The van der Waals surface area contributed by atoms with Gasteiger partial charge < -0.3 is 14.8 Å². The van der Waals surface area contributed by atoms with Crippen LogP contribution in [0.4, 0.5) is 5.69 Å². The molecule has 0 radical (unpaired) electrons. The van der Waals surface area contributed by atoms with E-state index in [-0.39, 0.29) is 0 Å². The molecule has 0 saturated heterocycles. The summed E-state index contributed by atoms with van der Waals surface area (Å²) in [5, 5.41) is 3.92. The van der Waals surface area contributed by atoms with Crippen molar-refractivity contribution in [3.63, 3.8) is 0 Å². The summed E-state index contributed by atoms with van der Waals surface area (Å²) in [6.45, 7) is 3.83. The molecular formula is C16H18ClNO2.